The van der Waals surface area contributed by atoms with E-state index in [-0.39, 0.29) is 0 Å². The minimum absolute atomic E-state index is 0.466. The van der Waals surface area contributed by atoms with Crippen LogP contribution in [-0.4, -0.2) is 52.7 Å². The van der Waals surface area contributed by atoms with E-state index in [0.717, 1.165) is 60.0 Å². The highest BCUT2D eigenvalue weighted by molar-refractivity contribution is 5.83. The van der Waals surface area contributed by atoms with Crippen molar-refractivity contribution in [2.75, 3.05) is 25.5 Å². The van der Waals surface area contributed by atoms with Crippen molar-refractivity contribution in [3.8, 4) is 0 Å². The lowest BCUT2D eigenvalue weighted by molar-refractivity contribution is 0.263. The second-order valence-electron chi connectivity index (χ2n) is 6.73. The Morgan fingerprint density at radius 1 is 1.40 bits per heavy atom. The van der Waals surface area contributed by atoms with Crippen molar-refractivity contribution in [3.05, 3.63) is 35.4 Å². The molecule has 2 aromatic heterocycles. The molecule has 3 heterocycles. The number of H-pyrrole nitrogens is 1. The Morgan fingerprint density at radius 2 is 2.16 bits per heavy atom. The second kappa shape index (κ2) is 7.61. The Labute approximate surface area is 149 Å². The highest BCUT2D eigenvalue weighted by atomic mass is 15.1. The van der Waals surface area contributed by atoms with Gasteiger partial charge < -0.3 is 15.2 Å². The molecule has 25 heavy (non-hydrogen) atoms. The van der Waals surface area contributed by atoms with E-state index in [1.165, 1.54) is 0 Å². The lowest BCUT2D eigenvalue weighted by Crippen LogP contribution is -2.36. The Kier molecular flexibility index (Phi) is 5.28. The van der Waals surface area contributed by atoms with Gasteiger partial charge in [-0.3, -0.25) is 4.98 Å². The molecule has 0 bridgehead atoms. The average Bonchev–Trinajstić information content (AvgIpc) is 2.97. The highest BCUT2D eigenvalue weighted by Gasteiger charge is 2.17. The number of anilines is 1. The summed E-state index contributed by atoms with van der Waals surface area (Å²) in [5.41, 5.74) is 4.10. The van der Waals surface area contributed by atoms with E-state index < -0.39 is 0 Å². The number of nitrogens with one attached hydrogen (secondary N) is 2. The number of aromatic amines is 1. The van der Waals surface area contributed by atoms with Crippen LogP contribution >= 0.6 is 0 Å². The highest BCUT2D eigenvalue weighted by Crippen LogP contribution is 2.26. The zero-order chi connectivity index (χ0) is 17.8. The normalized spacial score (nSPS) is 16.8. The summed E-state index contributed by atoms with van der Waals surface area (Å²) in [6, 6.07) is 0.466. The van der Waals surface area contributed by atoms with E-state index in [4.69, 9.17) is 4.98 Å². The summed E-state index contributed by atoms with van der Waals surface area (Å²) in [7, 11) is 2.17. The molecule has 0 unspecified atom stereocenters. The maximum atomic E-state index is 4.74. The third-order valence-corrected chi connectivity index (χ3v) is 4.73. The fraction of sp³-hybridized carbons (Fsp3) is 0.421. The minimum atomic E-state index is 0.466. The van der Waals surface area contributed by atoms with Crippen LogP contribution in [0.4, 0.5) is 11.6 Å². The van der Waals surface area contributed by atoms with Gasteiger partial charge in [0, 0.05) is 17.8 Å². The summed E-state index contributed by atoms with van der Waals surface area (Å²) in [5.74, 6) is 1.62. The molecule has 2 N–H and O–H groups in total. The van der Waals surface area contributed by atoms with Gasteiger partial charge in [-0.15, -0.1) is 0 Å². The molecule has 0 saturated carbocycles. The molecule has 0 radical (unpaired) electrons. The number of aliphatic imine (C=N–C) groups is 1. The topological polar surface area (TPSA) is 69.2 Å². The minimum Gasteiger partial charge on any atom is -0.366 e. The van der Waals surface area contributed by atoms with Gasteiger partial charge in [-0.05, 0) is 70.8 Å². The first-order valence-corrected chi connectivity index (χ1v) is 8.67. The zero-order valence-corrected chi connectivity index (χ0v) is 15.2. The number of hydrogen-bond acceptors (Lipinski definition) is 5. The van der Waals surface area contributed by atoms with E-state index in [9.17, 15) is 0 Å². The Bertz CT molecular complexity index is 768. The quantitative estimate of drug-likeness (QED) is 0.819. The smallest absolute Gasteiger partial charge is 0.145 e. The molecule has 6 nitrogen and oxygen atoms in total. The summed E-state index contributed by atoms with van der Waals surface area (Å²) in [6.07, 6.45) is 9.89. The molecule has 6 heteroatoms. The van der Waals surface area contributed by atoms with Crippen molar-refractivity contribution < 1.29 is 0 Å². The number of piperidine rings is 1. The molecule has 0 amide bonds. The van der Waals surface area contributed by atoms with Gasteiger partial charge in [-0.2, -0.15) is 0 Å². The number of likely N-dealkylation sites (tertiary alicyclic amines) is 1. The lowest BCUT2D eigenvalue weighted by Gasteiger charge is -2.29. The van der Waals surface area contributed by atoms with Crippen LogP contribution in [0.15, 0.2) is 23.6 Å². The number of rotatable bonds is 5. The molecule has 1 aliphatic heterocycles. The van der Waals surface area contributed by atoms with Crippen LogP contribution < -0.4 is 5.32 Å². The Balaban J connectivity index is 1.77. The second-order valence-corrected chi connectivity index (χ2v) is 6.73. The number of aryl methyl sites for hydroxylation is 1. The summed E-state index contributed by atoms with van der Waals surface area (Å²) in [6.45, 7) is 9.95. The van der Waals surface area contributed by atoms with Gasteiger partial charge >= 0.3 is 0 Å². The van der Waals surface area contributed by atoms with Crippen molar-refractivity contribution in [2.45, 2.75) is 32.7 Å². The summed E-state index contributed by atoms with van der Waals surface area (Å²) >= 11 is 0. The maximum Gasteiger partial charge on any atom is 0.145 e. The predicted octanol–water partition coefficient (Wildman–Crippen LogP) is 3.51. The summed E-state index contributed by atoms with van der Waals surface area (Å²) in [4.78, 5) is 18.6. The zero-order valence-electron chi connectivity index (χ0n) is 15.2. The Morgan fingerprint density at radius 3 is 2.88 bits per heavy atom. The van der Waals surface area contributed by atoms with Crippen LogP contribution in [-0.2, 0) is 0 Å². The van der Waals surface area contributed by atoms with Crippen LogP contribution in [0.1, 0.15) is 36.6 Å². The van der Waals surface area contributed by atoms with Crippen LogP contribution in [0.25, 0.3) is 11.6 Å². The first-order valence-electron chi connectivity index (χ1n) is 8.67. The van der Waals surface area contributed by atoms with E-state index in [0.29, 0.717) is 6.04 Å². The molecular formula is C19H26N6. The van der Waals surface area contributed by atoms with Crippen molar-refractivity contribution in [1.29, 1.82) is 0 Å². The molecule has 1 aliphatic rings. The number of allylic oxidation sites excluding steroid dienone is 1. The van der Waals surface area contributed by atoms with Gasteiger partial charge in [-0.1, -0.05) is 0 Å². The number of nitrogens with zero attached hydrogens (tertiary/aromatic N) is 4. The van der Waals surface area contributed by atoms with E-state index in [1.54, 1.807) is 12.4 Å². The number of aromatic nitrogens is 3. The van der Waals surface area contributed by atoms with Gasteiger partial charge in [0.2, 0.25) is 0 Å². The maximum absolute atomic E-state index is 4.74. The molecule has 3 rings (SSSR count). The third-order valence-electron chi connectivity index (χ3n) is 4.73. The van der Waals surface area contributed by atoms with Crippen molar-refractivity contribution >= 4 is 30.0 Å². The van der Waals surface area contributed by atoms with E-state index in [2.05, 4.69) is 45.0 Å². The fourth-order valence-electron chi connectivity index (χ4n) is 3.11. The van der Waals surface area contributed by atoms with Crippen LogP contribution in [0.5, 0.6) is 0 Å². The summed E-state index contributed by atoms with van der Waals surface area (Å²) < 4.78 is 0. The monoisotopic (exact) mass is 338 g/mol. The molecule has 0 spiro atoms. The van der Waals surface area contributed by atoms with Gasteiger partial charge in [0.25, 0.3) is 0 Å². The molecule has 2 aromatic rings. The fourth-order valence-corrected chi connectivity index (χ4v) is 3.11. The molecule has 132 valence electrons. The molecule has 1 fully saturated rings. The third kappa shape index (κ3) is 4.14. The predicted molar refractivity (Wildman–Crippen MR) is 104 cm³/mol. The molecule has 0 atom stereocenters. The SMILES string of the molecule is C=Nc1[nH]cc(C)c1/C=C(\C)c1cncc(NC2CCN(C)CC2)n1. The summed E-state index contributed by atoms with van der Waals surface area (Å²) in [5, 5.41) is 3.53. The molecular weight excluding hydrogens is 312 g/mol. The van der Waals surface area contributed by atoms with Crippen molar-refractivity contribution in [2.24, 2.45) is 4.99 Å². The van der Waals surface area contributed by atoms with E-state index >= 15 is 0 Å². The van der Waals surface area contributed by atoms with Gasteiger partial charge in [0.15, 0.2) is 0 Å². The van der Waals surface area contributed by atoms with Gasteiger partial charge in [0.05, 0.1) is 18.1 Å². The Hall–Kier alpha value is -2.47. The van der Waals surface area contributed by atoms with Crippen LogP contribution in [0, 0.1) is 6.92 Å². The standard InChI is InChI=1S/C19H26N6/c1-13(9-16-14(2)10-22-19(16)20-3)17-11-21-12-18(24-17)23-15-5-7-25(4)8-6-15/h9-12,15,22H,3,5-8H2,1-2,4H3,(H,23,24)/b13-9+. The largest absolute Gasteiger partial charge is 0.366 e. The first-order chi connectivity index (χ1) is 12.1. The van der Waals surface area contributed by atoms with Gasteiger partial charge in [-0.25, -0.2) is 9.98 Å². The molecule has 0 aliphatic carbocycles. The molecule has 1 saturated heterocycles. The number of hydrogen-bond donors (Lipinski definition) is 2. The van der Waals surface area contributed by atoms with Gasteiger partial charge in [0.1, 0.15) is 11.6 Å². The average molecular weight is 338 g/mol. The first kappa shape index (κ1) is 17.4. The van der Waals surface area contributed by atoms with Crippen molar-refractivity contribution in [3.63, 3.8) is 0 Å². The molecule has 0 aromatic carbocycles. The van der Waals surface area contributed by atoms with Crippen molar-refractivity contribution in [1.82, 2.24) is 19.9 Å². The van der Waals surface area contributed by atoms with Crippen LogP contribution in [0.2, 0.25) is 0 Å². The van der Waals surface area contributed by atoms with E-state index in [1.807, 2.05) is 20.0 Å². The lowest BCUT2D eigenvalue weighted by atomic mass is 10.1. The van der Waals surface area contributed by atoms with Crippen LogP contribution in [0.3, 0.4) is 0 Å².